The van der Waals surface area contributed by atoms with Crippen LogP contribution in [0.5, 0.6) is 5.75 Å². The number of amides is 3. The van der Waals surface area contributed by atoms with Crippen LogP contribution in [-0.2, 0) is 4.79 Å². The average molecular weight is 464 g/mol. The molecule has 0 spiro atoms. The number of nitrogens with zero attached hydrogens (tertiary/aromatic N) is 1. The highest BCUT2D eigenvalue weighted by molar-refractivity contribution is 6.06. The number of rotatable bonds is 8. The summed E-state index contributed by atoms with van der Waals surface area (Å²) in [5, 5.41) is 5.42. The zero-order valence-electron chi connectivity index (χ0n) is 19.2. The molecule has 0 atom stereocenters. The molecule has 3 rings (SSSR count). The molecule has 7 nitrogen and oxygen atoms in total. The minimum absolute atomic E-state index is 0.0944. The summed E-state index contributed by atoms with van der Waals surface area (Å²) in [6.45, 7) is 3.68. The third-order valence-electron chi connectivity index (χ3n) is 5.21. The Kier molecular flexibility index (Phi) is 7.97. The van der Waals surface area contributed by atoms with Crippen LogP contribution in [0.15, 0.2) is 66.7 Å². The smallest absolute Gasteiger partial charge is 0.258 e. The fraction of sp³-hybridized carbons (Fsp3) is 0.192. The van der Waals surface area contributed by atoms with Gasteiger partial charge in [0.1, 0.15) is 18.1 Å². The van der Waals surface area contributed by atoms with Crippen molar-refractivity contribution in [2.24, 2.45) is 0 Å². The van der Waals surface area contributed by atoms with Gasteiger partial charge in [-0.15, -0.1) is 0 Å². The predicted octanol–water partition coefficient (Wildman–Crippen LogP) is 4.50. The number of aryl methyl sites for hydroxylation is 1. The van der Waals surface area contributed by atoms with Crippen molar-refractivity contribution in [2.75, 3.05) is 30.8 Å². The van der Waals surface area contributed by atoms with E-state index in [4.69, 9.17) is 4.74 Å². The Labute approximate surface area is 197 Å². The molecule has 0 saturated heterocycles. The minimum Gasteiger partial charge on any atom is -0.497 e. The molecule has 0 radical (unpaired) electrons. The number of hydrogen-bond donors (Lipinski definition) is 2. The van der Waals surface area contributed by atoms with Gasteiger partial charge in [0.15, 0.2) is 0 Å². The quantitative estimate of drug-likeness (QED) is 0.515. The lowest BCUT2D eigenvalue weighted by molar-refractivity contribution is -0.116. The maximum absolute atomic E-state index is 14.0. The molecule has 34 heavy (non-hydrogen) atoms. The number of hydrogen-bond acceptors (Lipinski definition) is 4. The summed E-state index contributed by atoms with van der Waals surface area (Å²) in [4.78, 5) is 39.5. The fourth-order valence-corrected chi connectivity index (χ4v) is 3.31. The number of methoxy groups -OCH3 is 1. The van der Waals surface area contributed by atoms with Crippen LogP contribution in [0.2, 0.25) is 0 Å². The van der Waals surface area contributed by atoms with E-state index in [2.05, 4.69) is 10.6 Å². The van der Waals surface area contributed by atoms with Crippen LogP contribution in [-0.4, -0.2) is 42.8 Å². The molecule has 0 heterocycles. The highest BCUT2D eigenvalue weighted by Gasteiger charge is 2.19. The number of carbonyl (C=O) groups is 3. The molecule has 0 unspecified atom stereocenters. The monoisotopic (exact) mass is 463 g/mol. The normalized spacial score (nSPS) is 10.4. The van der Waals surface area contributed by atoms with Gasteiger partial charge >= 0.3 is 0 Å². The first-order chi connectivity index (χ1) is 16.3. The molecule has 0 saturated carbocycles. The van der Waals surface area contributed by atoms with Crippen LogP contribution in [0, 0.1) is 12.7 Å². The first kappa shape index (κ1) is 24.4. The largest absolute Gasteiger partial charge is 0.497 e. The second kappa shape index (κ2) is 11.1. The van der Waals surface area contributed by atoms with Crippen molar-refractivity contribution in [1.29, 1.82) is 0 Å². The lowest BCUT2D eigenvalue weighted by Crippen LogP contribution is -2.37. The number of likely N-dealkylation sites (N-methyl/N-ethyl adjacent to an activating group) is 1. The third-order valence-corrected chi connectivity index (χ3v) is 5.21. The first-order valence-electron chi connectivity index (χ1n) is 10.7. The Morgan fingerprint density at radius 1 is 0.971 bits per heavy atom. The zero-order chi connectivity index (χ0) is 24.7. The standard InChI is InChI=1S/C26H26FN3O4/c1-4-30(16-24(31)28-19-8-7-9-20(15-19)34-3)26(33)18-13-12-17(2)23(14-18)29-25(32)21-10-5-6-11-22(21)27/h5-15H,4,16H2,1-3H3,(H,28,31)(H,29,32). The zero-order valence-corrected chi connectivity index (χ0v) is 19.2. The van der Waals surface area contributed by atoms with E-state index in [0.717, 1.165) is 0 Å². The number of halogens is 1. The van der Waals surface area contributed by atoms with E-state index in [1.807, 2.05) is 0 Å². The Morgan fingerprint density at radius 2 is 1.74 bits per heavy atom. The molecule has 0 bridgehead atoms. The molecule has 0 aliphatic heterocycles. The maximum atomic E-state index is 14.0. The maximum Gasteiger partial charge on any atom is 0.258 e. The van der Waals surface area contributed by atoms with Crippen molar-refractivity contribution < 1.29 is 23.5 Å². The summed E-state index contributed by atoms with van der Waals surface area (Å²) in [6, 6.07) is 17.4. The fourth-order valence-electron chi connectivity index (χ4n) is 3.31. The molecule has 0 aromatic heterocycles. The Morgan fingerprint density at radius 3 is 2.44 bits per heavy atom. The molecule has 2 N–H and O–H groups in total. The van der Waals surface area contributed by atoms with Gasteiger partial charge in [-0.05, 0) is 55.8 Å². The van der Waals surface area contributed by atoms with Crippen LogP contribution in [0.4, 0.5) is 15.8 Å². The van der Waals surface area contributed by atoms with Gasteiger partial charge in [-0.25, -0.2) is 4.39 Å². The lowest BCUT2D eigenvalue weighted by atomic mass is 10.1. The van der Waals surface area contributed by atoms with Gasteiger partial charge in [-0.1, -0.05) is 24.3 Å². The van der Waals surface area contributed by atoms with Crippen LogP contribution >= 0.6 is 0 Å². The van der Waals surface area contributed by atoms with Gasteiger partial charge in [0.25, 0.3) is 11.8 Å². The molecule has 8 heteroatoms. The average Bonchev–Trinajstić information content (AvgIpc) is 2.83. The van der Waals surface area contributed by atoms with E-state index < -0.39 is 11.7 Å². The van der Waals surface area contributed by atoms with Crippen LogP contribution in [0.3, 0.4) is 0 Å². The number of benzene rings is 3. The highest BCUT2D eigenvalue weighted by atomic mass is 19.1. The van der Waals surface area contributed by atoms with Crippen LogP contribution in [0.25, 0.3) is 0 Å². The van der Waals surface area contributed by atoms with E-state index >= 15 is 0 Å². The molecule has 3 aromatic carbocycles. The van der Waals surface area contributed by atoms with E-state index in [1.54, 1.807) is 56.3 Å². The molecule has 0 aliphatic carbocycles. The Balaban J connectivity index is 1.72. The lowest BCUT2D eigenvalue weighted by Gasteiger charge is -2.21. The van der Waals surface area contributed by atoms with Gasteiger partial charge < -0.3 is 20.3 Å². The Bertz CT molecular complexity index is 1210. The van der Waals surface area contributed by atoms with E-state index in [0.29, 0.717) is 34.8 Å². The Hall–Kier alpha value is -4.20. The SMILES string of the molecule is CCN(CC(=O)Nc1cccc(OC)c1)C(=O)c1ccc(C)c(NC(=O)c2ccccc2F)c1. The first-order valence-corrected chi connectivity index (χ1v) is 10.7. The number of ether oxygens (including phenoxy) is 1. The molecule has 0 aliphatic rings. The van der Waals surface area contributed by atoms with Crippen molar-refractivity contribution in [3.63, 3.8) is 0 Å². The highest BCUT2D eigenvalue weighted by Crippen LogP contribution is 2.20. The van der Waals surface area contributed by atoms with Crippen molar-refractivity contribution >= 4 is 29.1 Å². The number of carbonyl (C=O) groups excluding carboxylic acids is 3. The van der Waals surface area contributed by atoms with Gasteiger partial charge in [-0.3, -0.25) is 14.4 Å². The summed E-state index contributed by atoms with van der Waals surface area (Å²) in [5.41, 5.74) is 1.85. The summed E-state index contributed by atoms with van der Waals surface area (Å²) >= 11 is 0. The van der Waals surface area contributed by atoms with Crippen molar-refractivity contribution in [1.82, 2.24) is 4.90 Å². The molecular formula is C26H26FN3O4. The van der Waals surface area contributed by atoms with E-state index in [9.17, 15) is 18.8 Å². The minimum atomic E-state index is -0.635. The van der Waals surface area contributed by atoms with Crippen molar-refractivity contribution in [3.05, 3.63) is 89.2 Å². The van der Waals surface area contributed by atoms with E-state index in [-0.39, 0.29) is 23.9 Å². The van der Waals surface area contributed by atoms with Crippen LogP contribution < -0.4 is 15.4 Å². The molecule has 0 fully saturated rings. The van der Waals surface area contributed by atoms with Gasteiger partial charge in [0.2, 0.25) is 5.91 Å². The topological polar surface area (TPSA) is 87.7 Å². The summed E-state index contributed by atoms with van der Waals surface area (Å²) in [7, 11) is 1.53. The third kappa shape index (κ3) is 5.98. The van der Waals surface area contributed by atoms with Gasteiger partial charge in [-0.2, -0.15) is 0 Å². The molecule has 3 amide bonds. The second-order valence-corrected chi connectivity index (χ2v) is 7.56. The number of anilines is 2. The van der Waals surface area contributed by atoms with Crippen molar-refractivity contribution in [2.45, 2.75) is 13.8 Å². The number of nitrogens with one attached hydrogen (secondary N) is 2. The van der Waals surface area contributed by atoms with Gasteiger partial charge in [0, 0.05) is 29.5 Å². The van der Waals surface area contributed by atoms with Crippen LogP contribution in [0.1, 0.15) is 33.2 Å². The van der Waals surface area contributed by atoms with Gasteiger partial charge in [0.05, 0.1) is 12.7 Å². The summed E-state index contributed by atoms with van der Waals surface area (Å²) in [6.07, 6.45) is 0. The predicted molar refractivity (Wildman–Crippen MR) is 129 cm³/mol. The summed E-state index contributed by atoms with van der Waals surface area (Å²) in [5.74, 6) is -1.38. The van der Waals surface area contributed by atoms with E-state index in [1.165, 1.54) is 36.3 Å². The summed E-state index contributed by atoms with van der Waals surface area (Å²) < 4.78 is 19.1. The van der Waals surface area contributed by atoms with Crippen molar-refractivity contribution in [3.8, 4) is 5.75 Å². The molecule has 176 valence electrons. The molecular weight excluding hydrogens is 437 g/mol. The molecule has 3 aromatic rings. The second-order valence-electron chi connectivity index (χ2n) is 7.56.